The van der Waals surface area contributed by atoms with Crippen LogP contribution in [-0.2, 0) is 26.7 Å². The molecule has 0 aliphatic heterocycles. The number of hydrogen-bond acceptors (Lipinski definition) is 5. The molecule has 1 unspecified atom stereocenters. The van der Waals surface area contributed by atoms with E-state index < -0.39 is 17.6 Å². The number of esters is 1. The van der Waals surface area contributed by atoms with Crippen molar-refractivity contribution < 1.29 is 19.1 Å². The van der Waals surface area contributed by atoms with Crippen molar-refractivity contribution in [1.29, 1.82) is 0 Å². The van der Waals surface area contributed by atoms with Gasteiger partial charge in [0.1, 0.15) is 5.82 Å². The number of nitrogens with zero attached hydrogens (tertiary/aromatic N) is 2. The third kappa shape index (κ3) is 5.27. The number of aromatic nitrogens is 2. The minimum atomic E-state index is -0.680. The summed E-state index contributed by atoms with van der Waals surface area (Å²) in [6, 6.07) is 25.5. The van der Waals surface area contributed by atoms with E-state index >= 15 is 0 Å². The third-order valence-corrected chi connectivity index (χ3v) is 7.05. The lowest BCUT2D eigenvalue weighted by Crippen LogP contribution is -2.21. The Balaban J connectivity index is 1.31. The highest BCUT2D eigenvalue weighted by molar-refractivity contribution is 5.90. The standard InChI is InChI=1S/C32H29N3O4/c1-4-8-28(25-9-6-5-7-10-25)39-31(37)34-29-27(21-33-35(29)2)24-13-11-22(12-14-24)23-15-17-26(18-16-23)32(19-20-32)30(36)38-3/h5-7,9-18,21,28H,19-20H2,1-3H3,(H,34,37). The molecule has 1 saturated carbocycles. The fourth-order valence-corrected chi connectivity index (χ4v) is 4.72. The van der Waals surface area contributed by atoms with Gasteiger partial charge in [0.25, 0.3) is 0 Å². The molecule has 0 spiro atoms. The molecule has 4 aromatic rings. The van der Waals surface area contributed by atoms with Gasteiger partial charge in [0.15, 0.2) is 6.10 Å². The van der Waals surface area contributed by atoms with E-state index in [2.05, 4.69) is 22.3 Å². The summed E-state index contributed by atoms with van der Waals surface area (Å²) in [6.45, 7) is 1.71. The van der Waals surface area contributed by atoms with Crippen molar-refractivity contribution in [2.75, 3.05) is 12.4 Å². The summed E-state index contributed by atoms with van der Waals surface area (Å²) in [5.41, 5.74) is 5.06. The van der Waals surface area contributed by atoms with E-state index in [1.165, 1.54) is 7.11 Å². The van der Waals surface area contributed by atoms with Crippen molar-refractivity contribution in [3.8, 4) is 34.1 Å². The number of ether oxygens (including phenoxy) is 2. The van der Waals surface area contributed by atoms with Crippen molar-refractivity contribution in [1.82, 2.24) is 9.78 Å². The highest BCUT2D eigenvalue weighted by Crippen LogP contribution is 2.49. The van der Waals surface area contributed by atoms with Gasteiger partial charge in [-0.25, -0.2) is 4.79 Å². The minimum absolute atomic E-state index is 0.168. The SMILES string of the molecule is CC#CC(OC(=O)Nc1c(-c2ccc(-c3ccc(C4(C(=O)OC)CC4)cc3)cc2)cnn1C)c1ccccc1. The van der Waals surface area contributed by atoms with Gasteiger partial charge < -0.3 is 9.47 Å². The van der Waals surface area contributed by atoms with Gasteiger partial charge in [0.05, 0.1) is 18.7 Å². The molecule has 1 heterocycles. The number of anilines is 1. The summed E-state index contributed by atoms with van der Waals surface area (Å²) in [7, 11) is 3.20. The molecule has 0 bridgehead atoms. The van der Waals surface area contributed by atoms with Crippen LogP contribution in [0, 0.1) is 11.8 Å². The summed E-state index contributed by atoms with van der Waals surface area (Å²) >= 11 is 0. The highest BCUT2D eigenvalue weighted by atomic mass is 16.6. The quantitative estimate of drug-likeness (QED) is 0.230. The average Bonchev–Trinajstić information content (AvgIpc) is 3.71. The number of carbonyl (C=O) groups excluding carboxylic acids is 2. The molecule has 1 N–H and O–H groups in total. The molecule has 3 aromatic carbocycles. The Kier molecular flexibility index (Phi) is 7.20. The molecule has 5 rings (SSSR count). The Labute approximate surface area is 227 Å². The predicted octanol–water partition coefficient (Wildman–Crippen LogP) is 6.27. The number of carbonyl (C=O) groups is 2. The minimum Gasteiger partial charge on any atom is -0.468 e. The number of amides is 1. The van der Waals surface area contributed by atoms with E-state index in [0.29, 0.717) is 5.82 Å². The van der Waals surface area contributed by atoms with E-state index in [0.717, 1.165) is 46.2 Å². The second-order valence-corrected chi connectivity index (χ2v) is 9.47. The van der Waals surface area contributed by atoms with Crippen molar-refractivity contribution in [3.63, 3.8) is 0 Å². The van der Waals surface area contributed by atoms with E-state index in [1.54, 1.807) is 24.9 Å². The molecule has 196 valence electrons. The number of hydrogen-bond donors (Lipinski definition) is 1. The number of benzene rings is 3. The van der Waals surface area contributed by atoms with Gasteiger partial charge in [-0.2, -0.15) is 5.10 Å². The Bertz CT molecular complexity index is 1540. The number of nitrogens with one attached hydrogen (secondary N) is 1. The molecule has 7 heteroatoms. The number of aryl methyl sites for hydroxylation is 1. The van der Waals surface area contributed by atoms with Crippen molar-refractivity contribution in [2.24, 2.45) is 7.05 Å². The van der Waals surface area contributed by atoms with Crippen LogP contribution in [0.5, 0.6) is 0 Å². The molecule has 39 heavy (non-hydrogen) atoms. The molecule has 1 atom stereocenters. The van der Waals surface area contributed by atoms with Gasteiger partial charge in [0.2, 0.25) is 0 Å². The topological polar surface area (TPSA) is 82.4 Å². The van der Waals surface area contributed by atoms with E-state index in [9.17, 15) is 9.59 Å². The molecular weight excluding hydrogens is 490 g/mol. The lowest BCUT2D eigenvalue weighted by molar-refractivity contribution is -0.143. The van der Waals surface area contributed by atoms with Crippen molar-refractivity contribution >= 4 is 17.9 Å². The largest absolute Gasteiger partial charge is 0.468 e. The molecule has 7 nitrogen and oxygen atoms in total. The second kappa shape index (κ2) is 10.9. The van der Waals surface area contributed by atoms with Gasteiger partial charge in [-0.15, -0.1) is 5.92 Å². The molecule has 1 aromatic heterocycles. The van der Waals surface area contributed by atoms with Crippen LogP contribution in [0.4, 0.5) is 10.6 Å². The van der Waals surface area contributed by atoms with Crippen LogP contribution in [0.25, 0.3) is 22.3 Å². The van der Waals surface area contributed by atoms with E-state index in [4.69, 9.17) is 9.47 Å². The fraction of sp³-hybridized carbons (Fsp3) is 0.219. The molecule has 1 amide bonds. The smallest absolute Gasteiger partial charge is 0.414 e. The Morgan fingerprint density at radius 3 is 2.15 bits per heavy atom. The Morgan fingerprint density at radius 2 is 1.56 bits per heavy atom. The Morgan fingerprint density at radius 1 is 0.949 bits per heavy atom. The summed E-state index contributed by atoms with van der Waals surface area (Å²) in [4.78, 5) is 25.0. The average molecular weight is 520 g/mol. The zero-order valence-corrected chi connectivity index (χ0v) is 22.1. The van der Waals surface area contributed by atoms with Crippen molar-refractivity contribution in [3.05, 3.63) is 96.2 Å². The maximum Gasteiger partial charge on any atom is 0.414 e. The molecular formula is C32H29N3O4. The summed E-state index contributed by atoms with van der Waals surface area (Å²) in [6.07, 6.45) is 2.06. The molecule has 1 fully saturated rings. The molecule has 1 aliphatic rings. The van der Waals surface area contributed by atoms with Crippen LogP contribution < -0.4 is 5.32 Å². The molecule has 0 radical (unpaired) electrons. The van der Waals surface area contributed by atoms with Crippen LogP contribution in [-0.4, -0.2) is 29.0 Å². The van der Waals surface area contributed by atoms with Gasteiger partial charge in [0, 0.05) is 18.2 Å². The summed E-state index contributed by atoms with van der Waals surface area (Å²) < 4.78 is 12.2. The third-order valence-electron chi connectivity index (χ3n) is 7.05. The fourth-order valence-electron chi connectivity index (χ4n) is 4.72. The highest BCUT2D eigenvalue weighted by Gasteiger charge is 2.52. The normalized spacial score (nSPS) is 13.9. The predicted molar refractivity (Wildman–Crippen MR) is 150 cm³/mol. The zero-order valence-electron chi connectivity index (χ0n) is 22.1. The number of methoxy groups -OCH3 is 1. The lowest BCUT2D eigenvalue weighted by Gasteiger charge is -2.15. The second-order valence-electron chi connectivity index (χ2n) is 9.47. The summed E-state index contributed by atoms with van der Waals surface area (Å²) in [5.74, 6) is 6.11. The van der Waals surface area contributed by atoms with Crippen LogP contribution in [0.1, 0.15) is 37.0 Å². The molecule has 1 aliphatic carbocycles. The lowest BCUT2D eigenvalue weighted by atomic mass is 9.93. The maximum atomic E-state index is 12.8. The van der Waals surface area contributed by atoms with Crippen LogP contribution in [0.15, 0.2) is 85.1 Å². The van der Waals surface area contributed by atoms with Gasteiger partial charge in [-0.3, -0.25) is 14.8 Å². The van der Waals surface area contributed by atoms with Crippen LogP contribution in [0.3, 0.4) is 0 Å². The van der Waals surface area contributed by atoms with Gasteiger partial charge in [-0.1, -0.05) is 84.8 Å². The molecule has 0 saturated heterocycles. The first-order chi connectivity index (χ1) is 18.9. The van der Waals surface area contributed by atoms with Crippen molar-refractivity contribution in [2.45, 2.75) is 31.3 Å². The monoisotopic (exact) mass is 519 g/mol. The summed E-state index contributed by atoms with van der Waals surface area (Å²) in [5, 5.41) is 7.18. The Hall–Kier alpha value is -4.83. The van der Waals surface area contributed by atoms with Gasteiger partial charge in [-0.05, 0) is 42.0 Å². The number of rotatable bonds is 7. The van der Waals surface area contributed by atoms with Crippen LogP contribution in [0.2, 0.25) is 0 Å². The first kappa shape index (κ1) is 25.8. The zero-order chi connectivity index (χ0) is 27.4. The van der Waals surface area contributed by atoms with Crippen LogP contribution >= 0.6 is 0 Å². The maximum absolute atomic E-state index is 12.8. The first-order valence-electron chi connectivity index (χ1n) is 12.7. The van der Waals surface area contributed by atoms with Gasteiger partial charge >= 0.3 is 12.1 Å². The first-order valence-corrected chi connectivity index (χ1v) is 12.7. The van der Waals surface area contributed by atoms with E-state index in [-0.39, 0.29) is 5.97 Å². The van der Waals surface area contributed by atoms with E-state index in [1.807, 2.05) is 78.9 Å².